The molecule has 12 nitrogen and oxygen atoms in total. The molecule has 2 aliphatic carbocycles. The molecule has 20 aromatic rings. The second-order valence-electron chi connectivity index (χ2n) is 33.6. The SMILES string of the molecule is Cc1ccc2cc3c(nc2c1)oc1c[n+](C)c(-c2ccccc2C)cc13.[2H]C([2H])([2H])c1ccc(-c2cc3c(c[n+]2C)oc2nc4cc(C)ccc4cc23)c(C)c1.[2H]C1(c2ccc3cc4c(nc3c2)oc2c[n+](C)c(-c3ccccc3C)cc24)CCC(C)(C)CC1.[2H]C1(c2ccc3cc4c(nc3c2)oc2c[n+](C)c(-c3ccccc3C)cc24)CCCCC1. The molecule has 0 unspecified atom stereocenters. The van der Waals surface area contributed by atoms with Crippen LogP contribution < -0.4 is 18.3 Å². The summed E-state index contributed by atoms with van der Waals surface area (Å²) in [5.74, 6) is -1.00. The molecule has 2 saturated carbocycles. The fourth-order valence-electron chi connectivity index (χ4n) is 17.8. The Bertz CT molecular complexity index is 7650. The predicted molar refractivity (Wildman–Crippen MR) is 477 cm³/mol. The van der Waals surface area contributed by atoms with Crippen molar-refractivity contribution in [2.75, 3.05) is 0 Å². The van der Waals surface area contributed by atoms with Gasteiger partial charge < -0.3 is 17.7 Å². The topological polar surface area (TPSA) is 120 Å². The van der Waals surface area contributed by atoms with E-state index in [-0.39, 0.29) is 0 Å². The van der Waals surface area contributed by atoms with Gasteiger partial charge in [0.2, 0.25) is 92.7 Å². The van der Waals surface area contributed by atoms with Crippen LogP contribution in [-0.2, 0) is 28.2 Å². The lowest BCUT2D eigenvalue weighted by atomic mass is 9.71. The average molecular weight is 1540 g/mol. The van der Waals surface area contributed by atoms with Gasteiger partial charge in [0, 0.05) is 118 Å². The lowest BCUT2D eigenvalue weighted by Crippen LogP contribution is -2.30. The molecule has 0 bridgehead atoms. The molecule has 2 fully saturated rings. The third-order valence-corrected chi connectivity index (χ3v) is 24.6. The third kappa shape index (κ3) is 14.2. The first kappa shape index (κ1) is 68.6. The normalized spacial score (nSPS) is 15.3. The molecule has 0 aliphatic heterocycles. The molecule has 12 heterocycles. The number of furan rings is 4. The maximum absolute atomic E-state index is 9.16. The molecule has 0 saturated heterocycles. The van der Waals surface area contributed by atoms with Crippen LogP contribution in [0.3, 0.4) is 0 Å². The summed E-state index contributed by atoms with van der Waals surface area (Å²) in [5, 5.41) is 12.7. The molecule has 0 spiro atoms. The van der Waals surface area contributed by atoms with Crippen molar-refractivity contribution in [3.8, 4) is 45.0 Å². The highest BCUT2D eigenvalue weighted by Crippen LogP contribution is 2.45. The fraction of sp³-hybridized carbons (Fsp3) is 0.238. The van der Waals surface area contributed by atoms with Crippen LogP contribution in [0.4, 0.5) is 0 Å². The largest absolute Gasteiger partial charge is 0.431 e. The summed E-state index contributed by atoms with van der Waals surface area (Å²) >= 11 is 0. The molecule has 117 heavy (non-hydrogen) atoms. The van der Waals surface area contributed by atoms with E-state index in [0.29, 0.717) is 33.8 Å². The smallest absolute Gasteiger partial charge is 0.228 e. The Kier molecular flexibility index (Phi) is 17.5. The van der Waals surface area contributed by atoms with Crippen LogP contribution >= 0.6 is 0 Å². The number of benzene rings is 8. The highest BCUT2D eigenvalue weighted by Gasteiger charge is 2.30. The monoisotopic (exact) mass is 1540 g/mol. The summed E-state index contributed by atoms with van der Waals surface area (Å²) in [6, 6.07) is 73.5. The summed E-state index contributed by atoms with van der Waals surface area (Å²) in [6.07, 6.45) is 17.5. The van der Waals surface area contributed by atoms with Crippen LogP contribution in [0, 0.1) is 53.8 Å². The van der Waals surface area contributed by atoms with Crippen molar-refractivity contribution in [3.05, 3.63) is 287 Å². The van der Waals surface area contributed by atoms with Crippen LogP contribution in [0.5, 0.6) is 0 Å². The minimum absolute atomic E-state index is 0.341. The Morgan fingerprint density at radius 3 is 0.983 bits per heavy atom. The molecule has 0 N–H and O–H groups in total. The van der Waals surface area contributed by atoms with Gasteiger partial charge in [0.05, 0.1) is 22.1 Å². The number of hydrogen-bond acceptors (Lipinski definition) is 8. The van der Waals surface area contributed by atoms with Gasteiger partial charge in [-0.25, -0.2) is 19.9 Å². The van der Waals surface area contributed by atoms with Crippen molar-refractivity contribution in [2.24, 2.45) is 33.6 Å². The average Bonchev–Trinajstić information content (AvgIpc) is 1.46. The molecule has 0 amide bonds. The Hall–Kier alpha value is -12.8. The molecular weight excluding hydrogens is 1440 g/mol. The molecule has 578 valence electrons. The van der Waals surface area contributed by atoms with Gasteiger partial charge in [0.25, 0.3) is 0 Å². The highest BCUT2D eigenvalue weighted by atomic mass is 16.4. The number of nitrogens with zero attached hydrogens (tertiary/aromatic N) is 8. The van der Waals surface area contributed by atoms with Crippen molar-refractivity contribution >= 4 is 132 Å². The van der Waals surface area contributed by atoms with Gasteiger partial charge in [-0.1, -0.05) is 154 Å². The van der Waals surface area contributed by atoms with Crippen LogP contribution in [0.1, 0.15) is 140 Å². The van der Waals surface area contributed by atoms with Crippen molar-refractivity contribution in [2.45, 2.75) is 132 Å². The van der Waals surface area contributed by atoms with Crippen LogP contribution in [0.2, 0.25) is 0 Å². The lowest BCUT2D eigenvalue weighted by Gasteiger charge is -2.34. The van der Waals surface area contributed by atoms with Gasteiger partial charge in [0.1, 0.15) is 28.2 Å². The molecule has 2 aliphatic rings. The van der Waals surface area contributed by atoms with Crippen LogP contribution in [0.25, 0.3) is 177 Å². The van der Waals surface area contributed by atoms with Gasteiger partial charge in [-0.3, -0.25) is 0 Å². The highest BCUT2D eigenvalue weighted by molar-refractivity contribution is 6.11. The molecule has 22 rings (SSSR count). The summed E-state index contributed by atoms with van der Waals surface area (Å²) in [6.45, 7) is 15.0. The lowest BCUT2D eigenvalue weighted by molar-refractivity contribution is -0.659. The zero-order chi connectivity index (χ0) is 84.6. The molecule has 0 atom stereocenters. The summed E-state index contributed by atoms with van der Waals surface area (Å²) in [4.78, 5) is 19.3. The van der Waals surface area contributed by atoms with Crippen molar-refractivity contribution in [3.63, 3.8) is 0 Å². The van der Waals surface area contributed by atoms with Crippen LogP contribution in [-0.4, -0.2) is 19.9 Å². The molecule has 12 heteroatoms. The first-order valence-corrected chi connectivity index (χ1v) is 41.0. The molecular formula is C105H98N8O4+4. The van der Waals surface area contributed by atoms with Gasteiger partial charge in [-0.05, 0) is 221 Å². The number of fused-ring (bicyclic) bond motifs is 16. The number of hydrogen-bond donors (Lipinski definition) is 0. The van der Waals surface area contributed by atoms with Crippen molar-refractivity contribution in [1.29, 1.82) is 0 Å². The van der Waals surface area contributed by atoms with Gasteiger partial charge in [-0.2, -0.15) is 18.3 Å². The van der Waals surface area contributed by atoms with E-state index in [9.17, 15) is 0 Å². The minimum atomic E-state index is -2.11. The molecule has 8 aromatic carbocycles. The van der Waals surface area contributed by atoms with Gasteiger partial charge in [-0.15, -0.1) is 0 Å². The second kappa shape index (κ2) is 29.8. The number of aryl methyl sites for hydroxylation is 11. The Labute approximate surface area is 688 Å². The first-order chi connectivity index (χ1) is 58.5. The van der Waals surface area contributed by atoms with E-state index in [1.165, 1.54) is 51.1 Å². The fourth-order valence-corrected chi connectivity index (χ4v) is 17.8. The molecule has 0 radical (unpaired) electrons. The summed E-state index contributed by atoms with van der Waals surface area (Å²) < 4.78 is 74.0. The van der Waals surface area contributed by atoms with Gasteiger partial charge in [0.15, 0.2) is 0 Å². The van der Waals surface area contributed by atoms with E-state index in [1.807, 2.05) is 30.8 Å². The van der Waals surface area contributed by atoms with Crippen molar-refractivity contribution < 1.29 is 42.8 Å². The standard InChI is InChI=1S/C30H31N2O.C28H27N2O.C24H21N2O.C23H19N2O/c1-19-7-5-6-8-23(19)27-17-24-25-15-22-10-9-21(20-11-13-30(2,3)14-12-20)16-26(22)31-29(25)33-28(24)18-32(27)4;1-18-8-6-7-11-22(18)26-16-23-24-14-21-13-12-20(19-9-4-3-5-10-19)15-25(21)29-28(24)31-27(23)17-30(26)2;1-14-6-8-18(16(3)9-14)22-12-19-20-11-17-7-5-15(2)10-21(17)25-24(20)27-23(19)13-26(22)4;1-14-8-9-16-11-19-18-12-21(17-7-5-4-6-15(17)2)25(3)13-22(18)26-23(19)24-20(16)10-14/h5-10,15-18,20H,11-14H2,1-4H3;6-8,11-17,19H,3-5,9-10H2,1-2H3;5-13H,1-4H3;4-13H,1-3H3/q4*+1/i20D;19D;1D3;. The van der Waals surface area contributed by atoms with E-state index in [2.05, 4.69) is 296 Å². The maximum atomic E-state index is 9.16. The maximum Gasteiger partial charge on any atom is 0.228 e. The third-order valence-electron chi connectivity index (χ3n) is 24.6. The Morgan fingerprint density at radius 1 is 0.325 bits per heavy atom. The number of aromatic nitrogens is 8. The second-order valence-corrected chi connectivity index (χ2v) is 33.6. The van der Waals surface area contributed by atoms with E-state index in [4.69, 9.17) is 44.5 Å². The van der Waals surface area contributed by atoms with E-state index < -0.39 is 18.6 Å². The zero-order valence-corrected chi connectivity index (χ0v) is 68.6. The molecule has 12 aromatic heterocycles. The first-order valence-electron chi connectivity index (χ1n) is 43.5. The minimum Gasteiger partial charge on any atom is -0.431 e. The van der Waals surface area contributed by atoms with Crippen molar-refractivity contribution in [1.82, 2.24) is 19.9 Å². The Morgan fingerprint density at radius 2 is 0.641 bits per heavy atom. The van der Waals surface area contributed by atoms with Gasteiger partial charge >= 0.3 is 0 Å². The summed E-state index contributed by atoms with van der Waals surface area (Å²) in [5.41, 5.74) is 28.7. The predicted octanol–water partition coefficient (Wildman–Crippen LogP) is 25.4. The number of rotatable bonds is 6. The van der Waals surface area contributed by atoms with E-state index in [0.717, 1.165) is 205 Å². The number of pyridine rings is 8. The Balaban J connectivity index is 0.000000108. The quantitative estimate of drug-likeness (QED) is 0.151. The van der Waals surface area contributed by atoms with Crippen LogP contribution in [0.15, 0.2) is 255 Å². The van der Waals surface area contributed by atoms with E-state index >= 15 is 0 Å². The summed E-state index contributed by atoms with van der Waals surface area (Å²) in [7, 11) is 8.14. The zero-order valence-electron chi connectivity index (χ0n) is 73.6. The van der Waals surface area contributed by atoms with E-state index in [1.54, 1.807) is 12.1 Å².